The quantitative estimate of drug-likeness (QED) is 0.187. The van der Waals surface area contributed by atoms with Crippen molar-refractivity contribution in [3.8, 4) is 0 Å². The Morgan fingerprint density at radius 1 is 0.964 bits per heavy atom. The maximum absolute atomic E-state index is 10.6. The van der Waals surface area contributed by atoms with Gasteiger partial charge in [0.25, 0.3) is 0 Å². The topological polar surface area (TPSA) is 160 Å². The summed E-state index contributed by atoms with van der Waals surface area (Å²) in [5.74, 6) is -2.36. The van der Waals surface area contributed by atoms with Crippen molar-refractivity contribution >= 4 is 17.9 Å². The highest BCUT2D eigenvalue weighted by Gasteiger charge is 2.04. The van der Waals surface area contributed by atoms with E-state index in [1.165, 1.54) is 13.8 Å². The summed E-state index contributed by atoms with van der Waals surface area (Å²) in [5, 5.41) is 31.0. The zero-order valence-corrected chi connectivity index (χ0v) is 16.8. The minimum Gasteiger partial charge on any atom is -0.478 e. The van der Waals surface area contributed by atoms with Crippen LogP contribution in [0.3, 0.4) is 0 Å². The number of hydrogen-bond donors (Lipinski definition) is 4. The second kappa shape index (κ2) is 24.5. The number of esters is 1. The molecule has 28 heavy (non-hydrogen) atoms. The molecule has 164 valence electrons. The van der Waals surface area contributed by atoms with Crippen LogP contribution in [0.15, 0.2) is 37.0 Å². The molecule has 0 aromatic rings. The molecule has 0 aromatic heterocycles. The molecule has 0 aromatic carbocycles. The lowest BCUT2D eigenvalue weighted by Crippen LogP contribution is -2.18. The lowest BCUT2D eigenvalue weighted by Gasteiger charge is -2.11. The number of ether oxygens (including phenoxy) is 3. The Bertz CT molecular complexity index is 421. The Hall–Kier alpha value is -2.53. The van der Waals surface area contributed by atoms with Gasteiger partial charge in [-0.2, -0.15) is 0 Å². The largest absolute Gasteiger partial charge is 0.478 e. The second-order valence-corrected chi connectivity index (χ2v) is 4.69. The van der Waals surface area contributed by atoms with Crippen molar-refractivity contribution in [1.82, 2.24) is 0 Å². The van der Waals surface area contributed by atoms with E-state index in [-0.39, 0.29) is 24.4 Å². The van der Waals surface area contributed by atoms with Gasteiger partial charge < -0.3 is 34.6 Å². The van der Waals surface area contributed by atoms with Crippen LogP contribution in [0.4, 0.5) is 0 Å². The highest BCUT2D eigenvalue weighted by molar-refractivity contribution is 5.85. The molecule has 0 fully saturated rings. The first kappa shape index (κ1) is 33.1. The number of aliphatic hydroxyl groups excluding tert-OH is 2. The standard InChI is InChI=1S/C8H14O4.2C4H6O2.C2H6O2/c1-4-8(9)12-7(2)11-6-5-10-3;2*1-3(2)4(5)6;3-1-2-4/h4,7H,1,5-6H2,2-3H3;2*1H2,2H3,(H,5,6);3-4H,1-2H2. The number of hydrogen-bond acceptors (Lipinski definition) is 8. The second-order valence-electron chi connectivity index (χ2n) is 4.69. The van der Waals surface area contributed by atoms with Crippen LogP contribution in [0.5, 0.6) is 0 Å². The molecular formula is C18H32O10. The van der Waals surface area contributed by atoms with Crippen LogP contribution in [0.2, 0.25) is 0 Å². The Labute approximate surface area is 165 Å². The number of methoxy groups -OCH3 is 1. The summed E-state index contributed by atoms with van der Waals surface area (Å²) in [6, 6.07) is 0. The highest BCUT2D eigenvalue weighted by atomic mass is 16.7. The van der Waals surface area contributed by atoms with Gasteiger partial charge in [0, 0.05) is 24.3 Å². The van der Waals surface area contributed by atoms with E-state index < -0.39 is 24.2 Å². The third kappa shape index (κ3) is 38.8. The molecule has 4 N–H and O–H groups in total. The molecule has 0 radical (unpaired) electrons. The molecule has 0 aliphatic rings. The number of carboxylic acid groups (broad SMARTS) is 2. The summed E-state index contributed by atoms with van der Waals surface area (Å²) in [7, 11) is 1.57. The smallest absolute Gasteiger partial charge is 0.332 e. The van der Waals surface area contributed by atoms with Crippen molar-refractivity contribution in [2.75, 3.05) is 33.5 Å². The Balaban J connectivity index is -0.000000152. The summed E-state index contributed by atoms with van der Waals surface area (Å²) in [6.07, 6.45) is 0.543. The first-order valence-corrected chi connectivity index (χ1v) is 7.83. The summed E-state index contributed by atoms with van der Waals surface area (Å²) in [6.45, 7) is 14.7. The van der Waals surface area contributed by atoms with Gasteiger partial charge in [0.2, 0.25) is 6.29 Å². The van der Waals surface area contributed by atoms with Gasteiger partial charge >= 0.3 is 17.9 Å². The van der Waals surface area contributed by atoms with Crippen LogP contribution >= 0.6 is 0 Å². The van der Waals surface area contributed by atoms with Gasteiger partial charge in [0.1, 0.15) is 0 Å². The van der Waals surface area contributed by atoms with Gasteiger partial charge in [-0.15, -0.1) is 0 Å². The van der Waals surface area contributed by atoms with Crippen molar-refractivity contribution in [1.29, 1.82) is 0 Å². The van der Waals surface area contributed by atoms with Crippen molar-refractivity contribution in [2.45, 2.75) is 27.1 Å². The van der Waals surface area contributed by atoms with E-state index in [9.17, 15) is 14.4 Å². The van der Waals surface area contributed by atoms with Crippen LogP contribution in [-0.4, -0.2) is 78.2 Å². The molecular weight excluding hydrogens is 376 g/mol. The number of carbonyl (C=O) groups excluding carboxylic acids is 1. The zero-order valence-electron chi connectivity index (χ0n) is 16.8. The Kier molecular flexibility index (Phi) is 28.9. The van der Waals surface area contributed by atoms with Crippen molar-refractivity contribution in [3.63, 3.8) is 0 Å². The molecule has 0 saturated heterocycles. The average molecular weight is 408 g/mol. The first-order valence-electron chi connectivity index (χ1n) is 7.83. The molecule has 0 heterocycles. The van der Waals surface area contributed by atoms with Gasteiger partial charge in [-0.25, -0.2) is 14.4 Å². The van der Waals surface area contributed by atoms with Gasteiger partial charge in [-0.05, 0) is 20.8 Å². The molecule has 1 unspecified atom stereocenters. The highest BCUT2D eigenvalue weighted by Crippen LogP contribution is 1.94. The number of carbonyl (C=O) groups is 3. The normalized spacial score (nSPS) is 9.50. The molecule has 0 rings (SSSR count). The molecule has 1 atom stereocenters. The van der Waals surface area contributed by atoms with Gasteiger partial charge in [-0.1, -0.05) is 19.7 Å². The van der Waals surface area contributed by atoms with E-state index in [1.807, 2.05) is 0 Å². The van der Waals surface area contributed by atoms with E-state index in [4.69, 9.17) is 34.6 Å². The fourth-order valence-corrected chi connectivity index (χ4v) is 0.543. The monoisotopic (exact) mass is 408 g/mol. The van der Waals surface area contributed by atoms with E-state index >= 15 is 0 Å². The minimum atomic E-state index is -0.935. The van der Waals surface area contributed by atoms with Crippen molar-refractivity contribution < 1.29 is 49.0 Å². The summed E-state index contributed by atoms with van der Waals surface area (Å²) in [4.78, 5) is 29.8. The molecule has 0 aliphatic heterocycles. The first-order chi connectivity index (χ1) is 12.9. The van der Waals surface area contributed by atoms with Gasteiger partial charge in [0.15, 0.2) is 0 Å². The number of carboxylic acids is 2. The van der Waals surface area contributed by atoms with E-state index in [0.717, 1.165) is 6.08 Å². The fraction of sp³-hybridized carbons (Fsp3) is 0.500. The predicted molar refractivity (Wildman–Crippen MR) is 103 cm³/mol. The maximum atomic E-state index is 10.6. The summed E-state index contributed by atoms with van der Waals surface area (Å²) >= 11 is 0. The van der Waals surface area contributed by atoms with Crippen LogP contribution in [0.25, 0.3) is 0 Å². The average Bonchev–Trinajstić information content (AvgIpc) is 2.62. The lowest BCUT2D eigenvalue weighted by molar-refractivity contribution is -0.170. The molecule has 0 aliphatic carbocycles. The zero-order chi connectivity index (χ0) is 23.1. The number of aliphatic carboxylic acids is 2. The Morgan fingerprint density at radius 3 is 1.54 bits per heavy atom. The van der Waals surface area contributed by atoms with Gasteiger partial charge in [0.05, 0.1) is 26.4 Å². The lowest BCUT2D eigenvalue weighted by atomic mass is 10.4. The summed E-state index contributed by atoms with van der Waals surface area (Å²) < 4.78 is 14.5. The van der Waals surface area contributed by atoms with E-state index in [2.05, 4.69) is 19.7 Å². The molecule has 10 nitrogen and oxygen atoms in total. The minimum absolute atomic E-state index is 0.125. The molecule has 0 amide bonds. The molecule has 0 bridgehead atoms. The van der Waals surface area contributed by atoms with Crippen LogP contribution in [0.1, 0.15) is 20.8 Å². The van der Waals surface area contributed by atoms with E-state index in [0.29, 0.717) is 13.2 Å². The fourth-order valence-electron chi connectivity index (χ4n) is 0.543. The number of aliphatic hydroxyl groups is 2. The third-order valence-corrected chi connectivity index (χ3v) is 1.92. The number of rotatable bonds is 9. The molecule has 10 heteroatoms. The SMILES string of the molecule is C=C(C)C(=O)O.C=C(C)C(=O)O.C=CC(=O)OC(C)OCCOC.OCCO. The third-order valence-electron chi connectivity index (χ3n) is 1.92. The molecule has 0 saturated carbocycles. The summed E-state index contributed by atoms with van der Waals surface area (Å²) in [5.41, 5.74) is 0.352. The van der Waals surface area contributed by atoms with E-state index in [1.54, 1.807) is 14.0 Å². The predicted octanol–water partition coefficient (Wildman–Crippen LogP) is 0.990. The maximum Gasteiger partial charge on any atom is 0.332 e. The van der Waals surface area contributed by atoms with Crippen LogP contribution < -0.4 is 0 Å². The van der Waals surface area contributed by atoms with Crippen molar-refractivity contribution in [3.05, 3.63) is 37.0 Å². The van der Waals surface area contributed by atoms with Crippen molar-refractivity contribution in [2.24, 2.45) is 0 Å². The van der Waals surface area contributed by atoms with Crippen LogP contribution in [-0.2, 0) is 28.6 Å². The van der Waals surface area contributed by atoms with Crippen LogP contribution in [0, 0.1) is 0 Å². The van der Waals surface area contributed by atoms with Gasteiger partial charge in [-0.3, -0.25) is 0 Å². The Morgan fingerprint density at radius 2 is 1.32 bits per heavy atom. The molecule has 0 spiro atoms.